The van der Waals surface area contributed by atoms with Crippen molar-refractivity contribution >= 4 is 41.0 Å². The van der Waals surface area contributed by atoms with E-state index in [1.165, 1.54) is 0 Å². The molecule has 0 spiro atoms. The van der Waals surface area contributed by atoms with Crippen molar-refractivity contribution in [3.8, 4) is 0 Å². The summed E-state index contributed by atoms with van der Waals surface area (Å²) in [7, 11) is -15.2. The van der Waals surface area contributed by atoms with Crippen LogP contribution in [-0.2, 0) is 48.3 Å². The Kier molecular flexibility index (Phi) is 8.09. The van der Waals surface area contributed by atoms with Crippen LogP contribution in [0.25, 0.3) is 0 Å². The molecule has 0 radical (unpaired) electrons. The summed E-state index contributed by atoms with van der Waals surface area (Å²) in [6.07, 6.45) is 0. The first-order chi connectivity index (χ1) is 5.41. The van der Waals surface area contributed by atoms with Crippen LogP contribution in [0.3, 0.4) is 0 Å². The molecule has 15 heteroatoms. The van der Waals surface area contributed by atoms with Gasteiger partial charge in [0, 0.05) is 11.2 Å². The van der Waals surface area contributed by atoms with Crippen LogP contribution in [0, 0.1) is 0 Å². The van der Waals surface area contributed by atoms with Gasteiger partial charge < -0.3 is 12.3 Å². The molecule has 0 saturated carbocycles. The molecule has 96 valence electrons. The fourth-order valence-corrected chi connectivity index (χ4v) is 3.47. The largest absolute Gasteiger partial charge is 0.412 e. The molecular weight excluding hydrogens is 300 g/mol. The number of hydrogen-bond donors (Lipinski definition) is 4. The molecule has 0 aliphatic rings. The summed E-state index contributed by atoms with van der Waals surface area (Å²) in [4.78, 5) is 0. The van der Waals surface area contributed by atoms with Gasteiger partial charge in [-0.3, -0.25) is 9.11 Å². The van der Waals surface area contributed by atoms with Crippen molar-refractivity contribution in [1.29, 1.82) is 0 Å². The zero-order chi connectivity index (χ0) is 10.9. The number of hydrogen-bond acceptors (Lipinski definition) is 10. The van der Waals surface area contributed by atoms with Crippen LogP contribution in [0.5, 0.6) is 0 Å². The van der Waals surface area contributed by atoms with Gasteiger partial charge in [0.25, 0.3) is 0 Å². The maximum absolute atomic E-state index is 10.5. The maximum atomic E-state index is 10.5. The molecule has 0 unspecified atom stereocenters. The third-order valence-corrected chi connectivity index (χ3v) is 4.05. The molecule has 0 aromatic heterocycles. The van der Waals surface area contributed by atoms with Crippen molar-refractivity contribution < 1.29 is 37.4 Å². The molecule has 0 fully saturated rings. The third kappa shape index (κ3) is 14.0. The van der Waals surface area contributed by atoms with Crippen LogP contribution in [0.2, 0.25) is 0 Å². The van der Waals surface area contributed by atoms with Crippen molar-refractivity contribution in [2.75, 3.05) is 0 Å². The summed E-state index contributed by atoms with van der Waals surface area (Å²) >= 11 is 3.64. The van der Waals surface area contributed by atoms with E-state index in [0.29, 0.717) is 0 Å². The van der Waals surface area contributed by atoms with E-state index in [2.05, 4.69) is 18.4 Å². The van der Waals surface area contributed by atoms with E-state index >= 15 is 0 Å². The van der Waals surface area contributed by atoms with Crippen molar-refractivity contribution in [2.45, 2.75) is 0 Å². The molecule has 0 aliphatic heterocycles. The van der Waals surface area contributed by atoms with E-state index in [0.717, 1.165) is 0 Å². The van der Waals surface area contributed by atoms with Gasteiger partial charge in [-0.1, -0.05) is 0 Å². The molecule has 0 aliphatic carbocycles. The Bertz CT molecular complexity index is 424. The monoisotopic (exact) mass is 308 g/mol. The van der Waals surface area contributed by atoms with Crippen LogP contribution in [0.4, 0.5) is 0 Å². The zero-order valence-electron chi connectivity index (χ0n) is 6.80. The zero-order valence-corrected chi connectivity index (χ0v) is 10.1. The molecule has 15 heavy (non-hydrogen) atoms. The lowest BCUT2D eigenvalue weighted by Gasteiger charge is -2.01. The second kappa shape index (κ2) is 5.94. The lowest BCUT2D eigenvalue weighted by molar-refractivity contribution is 0.355. The van der Waals surface area contributed by atoms with Crippen molar-refractivity contribution in [1.82, 2.24) is 12.3 Å². The molecule has 0 saturated heterocycles. The van der Waals surface area contributed by atoms with Gasteiger partial charge >= 0.3 is 29.9 Å². The maximum Gasteiger partial charge on any atom is 0.412 e. The van der Waals surface area contributed by atoms with Gasteiger partial charge in [-0.15, -0.1) is 7.26 Å². The van der Waals surface area contributed by atoms with Crippen LogP contribution in [-0.4, -0.2) is 30.1 Å². The average molecular weight is 308 g/mol. The topological polar surface area (TPSA) is 214 Å². The Labute approximate surface area is 90.9 Å². The smallest absolute Gasteiger partial charge is 0.344 e. The van der Waals surface area contributed by atoms with Gasteiger partial charge in [0.1, 0.15) is 0 Å². The minimum absolute atomic E-state index is 0. The highest BCUT2D eigenvalue weighted by molar-refractivity contribution is 8.31. The normalized spacial score (nSPS) is 12.4. The highest BCUT2D eigenvalue weighted by Crippen LogP contribution is 2.04. The fourth-order valence-electron chi connectivity index (χ4n) is 0.222. The number of rotatable bonds is 4. The molecule has 0 aromatic carbocycles. The second-order valence-corrected chi connectivity index (χ2v) is 6.24. The van der Waals surface area contributed by atoms with E-state index < -0.39 is 29.9 Å². The Morgan fingerprint density at radius 3 is 1.13 bits per heavy atom. The molecule has 0 bridgehead atoms. The summed E-state index contributed by atoms with van der Waals surface area (Å²) in [6, 6.07) is 0. The molecule has 0 heterocycles. The van der Waals surface area contributed by atoms with Gasteiger partial charge in [0.05, 0.1) is 0 Å². The lowest BCUT2D eigenvalue weighted by Crippen LogP contribution is -2.17. The van der Waals surface area contributed by atoms with E-state index in [9.17, 15) is 21.0 Å². The summed E-state index contributed by atoms with van der Waals surface area (Å²) in [6.45, 7) is 0. The summed E-state index contributed by atoms with van der Waals surface area (Å²) in [5.41, 5.74) is 0. The van der Waals surface area contributed by atoms with Crippen LogP contribution < -0.4 is 12.3 Å². The van der Waals surface area contributed by atoms with Crippen molar-refractivity contribution in [3.05, 3.63) is 0 Å². The molecular formula is H8N2O9S4. The summed E-state index contributed by atoms with van der Waals surface area (Å²) in [5, 5.41) is 0. The van der Waals surface area contributed by atoms with E-state index in [1.54, 1.807) is 0 Å². The first-order valence-corrected chi connectivity index (χ1v) is 7.10. The van der Waals surface area contributed by atoms with E-state index in [1.807, 2.05) is 0 Å². The highest BCUT2D eigenvalue weighted by atomic mass is 32.9. The molecule has 0 amide bonds. The lowest BCUT2D eigenvalue weighted by atomic mass is 14.0. The molecule has 11 nitrogen and oxygen atoms in total. The Morgan fingerprint density at radius 2 is 1.00 bits per heavy atom. The Morgan fingerprint density at radius 1 is 0.800 bits per heavy atom. The van der Waals surface area contributed by atoms with Crippen LogP contribution in [0.15, 0.2) is 0 Å². The van der Waals surface area contributed by atoms with E-state index in [-0.39, 0.29) is 12.3 Å². The van der Waals surface area contributed by atoms with Crippen LogP contribution >= 0.6 is 0 Å². The molecule has 0 atom stereocenters. The van der Waals surface area contributed by atoms with Crippen LogP contribution in [0.1, 0.15) is 0 Å². The molecule has 0 aromatic rings. The van der Waals surface area contributed by atoms with Crippen molar-refractivity contribution in [2.24, 2.45) is 0 Å². The summed E-state index contributed by atoms with van der Waals surface area (Å²) in [5.74, 6) is 0. The van der Waals surface area contributed by atoms with Gasteiger partial charge in [-0.05, 0) is 0 Å². The third-order valence-electron chi connectivity index (χ3n) is 0.339. The quantitative estimate of drug-likeness (QED) is 0.437. The van der Waals surface area contributed by atoms with Gasteiger partial charge in [-0.2, -0.15) is 21.0 Å². The van der Waals surface area contributed by atoms with Gasteiger partial charge in [0.15, 0.2) is 0 Å². The minimum Gasteiger partial charge on any atom is -0.344 e. The predicted octanol–water partition coefficient (Wildman–Crippen LogP) is -1.47. The minimum atomic E-state index is -5.23. The van der Waals surface area contributed by atoms with Crippen molar-refractivity contribution in [3.63, 3.8) is 0 Å². The van der Waals surface area contributed by atoms with Gasteiger partial charge in [0.2, 0.25) is 0 Å². The fraction of sp³-hybridized carbons (Fsp3) is 0. The first-order valence-electron chi connectivity index (χ1n) is 2.03. The Hall–Kier alpha value is 0.0300. The average Bonchev–Trinajstić information content (AvgIpc) is 1.43. The van der Waals surface area contributed by atoms with Gasteiger partial charge in [-0.25, -0.2) is 0 Å². The predicted molar refractivity (Wildman–Crippen MR) is 50.8 cm³/mol. The first kappa shape index (κ1) is 20.4. The SMILES string of the molecule is N.N.O=S(=O)(O)OS(=O)(=S)OS(=O)(=O)O. The second-order valence-electron chi connectivity index (χ2n) is 1.40. The molecule has 8 N–H and O–H groups in total. The summed E-state index contributed by atoms with van der Waals surface area (Å²) < 4.78 is 72.0. The Balaban J connectivity index is -0.000000720. The van der Waals surface area contributed by atoms with E-state index in [4.69, 9.17) is 9.11 Å². The standard InChI is InChI=1S/2H3N.H2O9S4/c;;1-11(2,3)8-13(7,10)9-12(4,5)6/h2*1H3;(H,1,2,3)(H,4,5,6). The highest BCUT2D eigenvalue weighted by Gasteiger charge is 2.23. The molecule has 0 rings (SSSR count).